The Morgan fingerprint density at radius 1 is 1.42 bits per heavy atom. The standard InChI is InChI=1S/C14H17ClFN3/c1-9-6-12(19(2)18-9)8-11(17)7-10-4-3-5-13(15)14(10)16/h3-6,11H,7-8,17H2,1-2H3. The van der Waals surface area contributed by atoms with Crippen molar-refractivity contribution in [3.8, 4) is 0 Å². The van der Waals surface area contributed by atoms with Gasteiger partial charge in [0, 0.05) is 25.2 Å². The molecule has 0 bridgehead atoms. The Morgan fingerprint density at radius 3 is 2.79 bits per heavy atom. The summed E-state index contributed by atoms with van der Waals surface area (Å²) < 4.78 is 15.6. The van der Waals surface area contributed by atoms with Crippen LogP contribution in [0.1, 0.15) is 17.0 Å². The zero-order chi connectivity index (χ0) is 14.0. The molecule has 2 rings (SSSR count). The van der Waals surface area contributed by atoms with Crippen LogP contribution >= 0.6 is 11.6 Å². The molecule has 1 aromatic carbocycles. The quantitative estimate of drug-likeness (QED) is 0.936. The van der Waals surface area contributed by atoms with Gasteiger partial charge in [-0.05, 0) is 31.0 Å². The second-order valence-electron chi connectivity index (χ2n) is 4.78. The molecular weight excluding hydrogens is 265 g/mol. The Morgan fingerprint density at radius 2 is 2.16 bits per heavy atom. The summed E-state index contributed by atoms with van der Waals surface area (Å²) in [5, 5.41) is 4.41. The highest BCUT2D eigenvalue weighted by molar-refractivity contribution is 6.30. The smallest absolute Gasteiger partial charge is 0.145 e. The molecule has 2 N–H and O–H groups in total. The maximum Gasteiger partial charge on any atom is 0.145 e. The average molecular weight is 282 g/mol. The van der Waals surface area contributed by atoms with Crippen molar-refractivity contribution >= 4 is 11.6 Å². The Labute approximate surface area is 117 Å². The van der Waals surface area contributed by atoms with Gasteiger partial charge in [0.25, 0.3) is 0 Å². The van der Waals surface area contributed by atoms with E-state index in [9.17, 15) is 4.39 Å². The molecular formula is C14H17ClFN3. The van der Waals surface area contributed by atoms with Crippen molar-refractivity contribution in [3.63, 3.8) is 0 Å². The SMILES string of the molecule is Cc1cc(CC(N)Cc2cccc(Cl)c2F)n(C)n1. The average Bonchev–Trinajstić information content (AvgIpc) is 2.64. The Balaban J connectivity index is 2.07. The summed E-state index contributed by atoms with van der Waals surface area (Å²) >= 11 is 5.76. The molecule has 0 radical (unpaired) electrons. The second kappa shape index (κ2) is 5.72. The van der Waals surface area contributed by atoms with Crippen molar-refractivity contribution in [2.24, 2.45) is 12.8 Å². The first-order valence-electron chi connectivity index (χ1n) is 6.15. The van der Waals surface area contributed by atoms with Crippen LogP contribution in [0.25, 0.3) is 0 Å². The summed E-state index contributed by atoms with van der Waals surface area (Å²) in [6, 6.07) is 6.82. The van der Waals surface area contributed by atoms with E-state index in [2.05, 4.69) is 5.10 Å². The first-order chi connectivity index (χ1) is 8.97. The minimum Gasteiger partial charge on any atom is -0.327 e. The molecule has 1 atom stereocenters. The van der Waals surface area contributed by atoms with Crippen molar-refractivity contribution in [3.05, 3.63) is 52.1 Å². The van der Waals surface area contributed by atoms with Gasteiger partial charge in [-0.25, -0.2) is 4.39 Å². The van der Waals surface area contributed by atoms with Crippen LogP contribution < -0.4 is 5.73 Å². The van der Waals surface area contributed by atoms with Crippen LogP contribution in [0.2, 0.25) is 5.02 Å². The molecule has 0 aliphatic heterocycles. The lowest BCUT2D eigenvalue weighted by molar-refractivity contribution is 0.572. The fourth-order valence-electron chi connectivity index (χ4n) is 2.18. The van der Waals surface area contributed by atoms with Gasteiger partial charge in [-0.2, -0.15) is 5.10 Å². The van der Waals surface area contributed by atoms with Gasteiger partial charge in [0.1, 0.15) is 5.82 Å². The number of hydrogen-bond acceptors (Lipinski definition) is 2. The van der Waals surface area contributed by atoms with Crippen LogP contribution in [-0.2, 0) is 19.9 Å². The second-order valence-corrected chi connectivity index (χ2v) is 5.19. The van der Waals surface area contributed by atoms with E-state index < -0.39 is 0 Å². The first-order valence-corrected chi connectivity index (χ1v) is 6.53. The molecule has 102 valence electrons. The molecule has 2 aromatic rings. The number of halogens is 2. The molecule has 5 heteroatoms. The van der Waals surface area contributed by atoms with Crippen molar-refractivity contribution in [1.29, 1.82) is 0 Å². The van der Waals surface area contributed by atoms with Crippen LogP contribution in [0, 0.1) is 12.7 Å². The van der Waals surface area contributed by atoms with Gasteiger partial charge in [0.2, 0.25) is 0 Å². The molecule has 0 spiro atoms. The van der Waals surface area contributed by atoms with Crippen LogP contribution in [0.4, 0.5) is 4.39 Å². The molecule has 3 nitrogen and oxygen atoms in total. The number of hydrogen-bond donors (Lipinski definition) is 1. The number of rotatable bonds is 4. The fraction of sp³-hybridized carbons (Fsp3) is 0.357. The summed E-state index contributed by atoms with van der Waals surface area (Å²) in [4.78, 5) is 0. The minimum atomic E-state index is -0.374. The van der Waals surface area contributed by atoms with E-state index in [1.807, 2.05) is 24.7 Å². The number of benzene rings is 1. The molecule has 1 unspecified atom stereocenters. The third-order valence-corrected chi connectivity index (χ3v) is 3.38. The van der Waals surface area contributed by atoms with Crippen LogP contribution in [0.15, 0.2) is 24.3 Å². The van der Waals surface area contributed by atoms with E-state index in [4.69, 9.17) is 17.3 Å². The van der Waals surface area contributed by atoms with Gasteiger partial charge in [-0.15, -0.1) is 0 Å². The molecule has 19 heavy (non-hydrogen) atoms. The van der Waals surface area contributed by atoms with Gasteiger partial charge >= 0.3 is 0 Å². The van der Waals surface area contributed by atoms with E-state index in [-0.39, 0.29) is 16.9 Å². The molecule has 0 amide bonds. The van der Waals surface area contributed by atoms with E-state index >= 15 is 0 Å². The molecule has 1 aromatic heterocycles. The highest BCUT2D eigenvalue weighted by Crippen LogP contribution is 2.19. The first kappa shape index (κ1) is 14.0. The van der Waals surface area contributed by atoms with Gasteiger partial charge in [-0.1, -0.05) is 23.7 Å². The topological polar surface area (TPSA) is 43.8 Å². The summed E-state index contributed by atoms with van der Waals surface area (Å²) in [5.41, 5.74) is 8.64. The maximum absolute atomic E-state index is 13.8. The Kier molecular flexibility index (Phi) is 4.22. The van der Waals surface area contributed by atoms with E-state index in [0.29, 0.717) is 18.4 Å². The lowest BCUT2D eigenvalue weighted by Gasteiger charge is -2.12. The number of aryl methyl sites for hydroxylation is 2. The predicted octanol–water partition coefficient (Wildman–Crippen LogP) is 2.63. The number of aromatic nitrogens is 2. The van der Waals surface area contributed by atoms with Crippen molar-refractivity contribution in [2.75, 3.05) is 0 Å². The summed E-state index contributed by atoms with van der Waals surface area (Å²) in [6.07, 6.45) is 1.11. The van der Waals surface area contributed by atoms with E-state index in [0.717, 1.165) is 11.4 Å². The minimum absolute atomic E-state index is 0.140. The molecule has 0 saturated heterocycles. The Hall–Kier alpha value is -1.39. The van der Waals surface area contributed by atoms with Crippen molar-refractivity contribution in [2.45, 2.75) is 25.8 Å². The molecule has 0 aliphatic carbocycles. The maximum atomic E-state index is 13.8. The lowest BCUT2D eigenvalue weighted by Crippen LogP contribution is -2.27. The predicted molar refractivity (Wildman–Crippen MR) is 74.7 cm³/mol. The van der Waals surface area contributed by atoms with Gasteiger partial charge in [-0.3, -0.25) is 4.68 Å². The van der Waals surface area contributed by atoms with E-state index in [1.165, 1.54) is 6.07 Å². The molecule has 1 heterocycles. The van der Waals surface area contributed by atoms with Crippen LogP contribution in [0.3, 0.4) is 0 Å². The zero-order valence-electron chi connectivity index (χ0n) is 11.0. The molecule has 0 saturated carbocycles. The Bertz CT molecular complexity index is 580. The lowest BCUT2D eigenvalue weighted by atomic mass is 10.0. The third-order valence-electron chi connectivity index (χ3n) is 3.08. The van der Waals surface area contributed by atoms with Crippen LogP contribution in [0.5, 0.6) is 0 Å². The summed E-state index contributed by atoms with van der Waals surface area (Å²) in [5.74, 6) is -0.374. The van der Waals surface area contributed by atoms with E-state index in [1.54, 1.807) is 12.1 Å². The fourth-order valence-corrected chi connectivity index (χ4v) is 2.38. The highest BCUT2D eigenvalue weighted by atomic mass is 35.5. The largest absolute Gasteiger partial charge is 0.327 e. The number of nitrogens with two attached hydrogens (primary N) is 1. The highest BCUT2D eigenvalue weighted by Gasteiger charge is 2.13. The van der Waals surface area contributed by atoms with Crippen LogP contribution in [-0.4, -0.2) is 15.8 Å². The molecule has 0 fully saturated rings. The van der Waals surface area contributed by atoms with Gasteiger partial charge in [0.15, 0.2) is 0 Å². The van der Waals surface area contributed by atoms with Crippen molar-refractivity contribution < 1.29 is 4.39 Å². The summed E-state index contributed by atoms with van der Waals surface area (Å²) in [6.45, 7) is 1.94. The zero-order valence-corrected chi connectivity index (χ0v) is 11.8. The van der Waals surface area contributed by atoms with Gasteiger partial charge < -0.3 is 5.73 Å². The summed E-state index contributed by atoms with van der Waals surface area (Å²) in [7, 11) is 1.88. The normalized spacial score (nSPS) is 12.7. The van der Waals surface area contributed by atoms with Gasteiger partial charge in [0.05, 0.1) is 10.7 Å². The number of nitrogens with zero attached hydrogens (tertiary/aromatic N) is 2. The monoisotopic (exact) mass is 281 g/mol. The van der Waals surface area contributed by atoms with Crippen molar-refractivity contribution in [1.82, 2.24) is 9.78 Å². The third kappa shape index (κ3) is 3.33. The molecule has 0 aliphatic rings.